The highest BCUT2D eigenvalue weighted by atomic mass is 19.2. The lowest BCUT2D eigenvalue weighted by Crippen LogP contribution is -2.41. The summed E-state index contributed by atoms with van der Waals surface area (Å²) >= 11 is 0. The summed E-state index contributed by atoms with van der Waals surface area (Å²) in [6.45, 7) is 0.725. The fourth-order valence-electron chi connectivity index (χ4n) is 3.68. The molecule has 1 atom stereocenters. The number of nitrogens with zero attached hydrogens (tertiary/aromatic N) is 3. The number of benzene rings is 1. The van der Waals surface area contributed by atoms with Gasteiger partial charge in [-0.05, 0) is 38.9 Å². The molecule has 4 nitrogen and oxygen atoms in total. The Morgan fingerprint density at radius 2 is 1.83 bits per heavy atom. The van der Waals surface area contributed by atoms with E-state index in [2.05, 4.69) is 34.3 Å². The van der Waals surface area contributed by atoms with E-state index in [1.807, 2.05) is 0 Å². The number of halogens is 2. The third kappa shape index (κ3) is 3.64. The van der Waals surface area contributed by atoms with Crippen molar-refractivity contribution in [3.05, 3.63) is 30.1 Å². The summed E-state index contributed by atoms with van der Waals surface area (Å²) in [5, 5.41) is 3.84. The van der Waals surface area contributed by atoms with Crippen LogP contribution in [0.15, 0.2) is 18.5 Å². The highest BCUT2D eigenvalue weighted by Crippen LogP contribution is 2.29. The van der Waals surface area contributed by atoms with Crippen LogP contribution in [0.1, 0.15) is 32.1 Å². The molecule has 1 aliphatic rings. The van der Waals surface area contributed by atoms with Crippen molar-refractivity contribution in [3.8, 4) is 0 Å². The second-order valence-corrected chi connectivity index (χ2v) is 6.82. The summed E-state index contributed by atoms with van der Waals surface area (Å²) in [4.78, 5) is 10.5. The van der Waals surface area contributed by atoms with Gasteiger partial charge in [-0.25, -0.2) is 18.7 Å². The maximum Gasteiger partial charge on any atom is 0.161 e. The Balaban J connectivity index is 1.79. The van der Waals surface area contributed by atoms with E-state index in [0.29, 0.717) is 28.7 Å². The van der Waals surface area contributed by atoms with Crippen molar-refractivity contribution in [1.82, 2.24) is 14.9 Å². The smallest absolute Gasteiger partial charge is 0.161 e. The average Bonchev–Trinajstić information content (AvgIpc) is 2.57. The maximum atomic E-state index is 13.6. The van der Waals surface area contributed by atoms with Crippen LogP contribution in [0.25, 0.3) is 10.9 Å². The highest BCUT2D eigenvalue weighted by Gasteiger charge is 2.25. The molecule has 1 aromatic heterocycles. The first kappa shape index (κ1) is 17.0. The van der Waals surface area contributed by atoms with Crippen LogP contribution >= 0.6 is 0 Å². The molecule has 1 aromatic carbocycles. The molecule has 1 saturated carbocycles. The minimum Gasteiger partial charge on any atom is -0.368 e. The molecule has 0 amide bonds. The summed E-state index contributed by atoms with van der Waals surface area (Å²) < 4.78 is 27.0. The molecule has 3 rings (SSSR count). The van der Waals surface area contributed by atoms with E-state index < -0.39 is 11.6 Å². The number of fused-ring (bicyclic) bond motifs is 1. The van der Waals surface area contributed by atoms with Crippen LogP contribution in [0.2, 0.25) is 0 Å². The van der Waals surface area contributed by atoms with Crippen molar-refractivity contribution in [2.75, 3.05) is 26.0 Å². The minimum absolute atomic E-state index is 0.389. The first-order valence-corrected chi connectivity index (χ1v) is 8.56. The van der Waals surface area contributed by atoms with Gasteiger partial charge in [0, 0.05) is 24.0 Å². The summed E-state index contributed by atoms with van der Waals surface area (Å²) in [5.74, 6) is -0.553. The molecule has 0 saturated heterocycles. The van der Waals surface area contributed by atoms with E-state index >= 15 is 0 Å². The molecule has 0 bridgehead atoms. The molecule has 1 N–H and O–H groups in total. The van der Waals surface area contributed by atoms with Crippen molar-refractivity contribution in [2.24, 2.45) is 5.92 Å². The lowest BCUT2D eigenvalue weighted by atomic mass is 9.83. The molecule has 0 spiro atoms. The first-order chi connectivity index (χ1) is 11.6. The normalized spacial score (nSPS) is 17.4. The topological polar surface area (TPSA) is 41.0 Å². The third-order valence-corrected chi connectivity index (χ3v) is 5.01. The Morgan fingerprint density at radius 3 is 2.54 bits per heavy atom. The zero-order valence-corrected chi connectivity index (χ0v) is 14.2. The zero-order chi connectivity index (χ0) is 17.1. The number of rotatable bonds is 5. The van der Waals surface area contributed by atoms with Crippen LogP contribution in [0.3, 0.4) is 0 Å². The monoisotopic (exact) mass is 334 g/mol. The quantitative estimate of drug-likeness (QED) is 0.902. The molecule has 130 valence electrons. The van der Waals surface area contributed by atoms with Crippen molar-refractivity contribution in [1.29, 1.82) is 0 Å². The van der Waals surface area contributed by atoms with Gasteiger partial charge >= 0.3 is 0 Å². The fourth-order valence-corrected chi connectivity index (χ4v) is 3.68. The number of nitrogens with one attached hydrogen (secondary N) is 1. The van der Waals surface area contributed by atoms with Gasteiger partial charge in [-0.15, -0.1) is 0 Å². The molecule has 1 heterocycles. The van der Waals surface area contributed by atoms with Gasteiger partial charge in [0.2, 0.25) is 0 Å². The van der Waals surface area contributed by atoms with E-state index in [1.54, 1.807) is 0 Å². The standard InChI is InChI=1S/C18H24F2N4/c1-24(2)17(12-6-4-3-5-7-12)10-21-18-13-8-14(19)15(20)9-16(13)22-11-23-18/h8-9,11-12,17H,3-7,10H2,1-2H3,(H,21,22,23). The molecule has 0 radical (unpaired) electrons. The number of anilines is 1. The largest absolute Gasteiger partial charge is 0.368 e. The molecular weight excluding hydrogens is 310 g/mol. The summed E-state index contributed by atoms with van der Waals surface area (Å²) in [5.41, 5.74) is 0.408. The predicted octanol–water partition coefficient (Wildman–Crippen LogP) is 3.83. The van der Waals surface area contributed by atoms with Crippen LogP contribution in [-0.4, -0.2) is 41.5 Å². The van der Waals surface area contributed by atoms with Gasteiger partial charge in [0.25, 0.3) is 0 Å². The van der Waals surface area contributed by atoms with E-state index in [1.165, 1.54) is 38.4 Å². The molecular formula is C18H24F2N4. The van der Waals surface area contributed by atoms with Gasteiger partial charge in [-0.2, -0.15) is 0 Å². The zero-order valence-electron chi connectivity index (χ0n) is 14.2. The Hall–Kier alpha value is -1.82. The molecule has 1 fully saturated rings. The van der Waals surface area contributed by atoms with Gasteiger partial charge in [-0.1, -0.05) is 19.3 Å². The van der Waals surface area contributed by atoms with Crippen LogP contribution in [0.5, 0.6) is 0 Å². The number of hydrogen-bond acceptors (Lipinski definition) is 4. The molecule has 1 aliphatic carbocycles. The summed E-state index contributed by atoms with van der Waals surface area (Å²) in [6, 6.07) is 2.67. The Morgan fingerprint density at radius 1 is 1.12 bits per heavy atom. The summed E-state index contributed by atoms with van der Waals surface area (Å²) in [6.07, 6.45) is 7.77. The minimum atomic E-state index is -0.888. The molecule has 24 heavy (non-hydrogen) atoms. The van der Waals surface area contributed by atoms with E-state index in [4.69, 9.17) is 0 Å². The first-order valence-electron chi connectivity index (χ1n) is 8.56. The van der Waals surface area contributed by atoms with Crippen molar-refractivity contribution < 1.29 is 8.78 Å². The Labute approximate surface area is 141 Å². The lowest BCUT2D eigenvalue weighted by molar-refractivity contribution is 0.179. The Bertz CT molecular complexity index is 699. The number of hydrogen-bond donors (Lipinski definition) is 1. The van der Waals surface area contributed by atoms with E-state index in [-0.39, 0.29) is 0 Å². The number of likely N-dealkylation sites (N-methyl/N-ethyl adjacent to an activating group) is 1. The van der Waals surface area contributed by atoms with Crippen molar-refractivity contribution in [2.45, 2.75) is 38.1 Å². The fraction of sp³-hybridized carbons (Fsp3) is 0.556. The van der Waals surface area contributed by atoms with Crippen LogP contribution in [-0.2, 0) is 0 Å². The maximum absolute atomic E-state index is 13.6. The predicted molar refractivity (Wildman–Crippen MR) is 92.0 cm³/mol. The molecule has 2 aromatic rings. The molecule has 6 heteroatoms. The van der Waals surface area contributed by atoms with Crippen LogP contribution in [0.4, 0.5) is 14.6 Å². The van der Waals surface area contributed by atoms with Crippen LogP contribution in [0, 0.1) is 17.6 Å². The Kier molecular flexibility index (Phi) is 5.23. The SMILES string of the molecule is CN(C)C(CNc1ncnc2cc(F)c(F)cc12)C1CCCCC1. The molecule has 0 aliphatic heterocycles. The van der Waals surface area contributed by atoms with Gasteiger partial charge in [0.15, 0.2) is 11.6 Å². The second-order valence-electron chi connectivity index (χ2n) is 6.82. The summed E-state index contributed by atoms with van der Waals surface area (Å²) in [7, 11) is 4.18. The van der Waals surface area contributed by atoms with Gasteiger partial charge in [-0.3, -0.25) is 0 Å². The van der Waals surface area contributed by atoms with E-state index in [0.717, 1.165) is 18.7 Å². The van der Waals surface area contributed by atoms with Crippen LogP contribution < -0.4 is 5.32 Å². The lowest BCUT2D eigenvalue weighted by Gasteiger charge is -2.35. The van der Waals surface area contributed by atoms with Crippen molar-refractivity contribution in [3.63, 3.8) is 0 Å². The number of aromatic nitrogens is 2. The molecule has 1 unspecified atom stereocenters. The van der Waals surface area contributed by atoms with E-state index in [9.17, 15) is 8.78 Å². The third-order valence-electron chi connectivity index (χ3n) is 5.01. The second kappa shape index (κ2) is 7.38. The van der Waals surface area contributed by atoms with Crippen molar-refractivity contribution >= 4 is 16.7 Å². The van der Waals surface area contributed by atoms with Gasteiger partial charge in [0.1, 0.15) is 12.1 Å². The highest BCUT2D eigenvalue weighted by molar-refractivity contribution is 5.88. The average molecular weight is 334 g/mol. The van der Waals surface area contributed by atoms with Gasteiger partial charge in [0.05, 0.1) is 5.52 Å². The van der Waals surface area contributed by atoms with Gasteiger partial charge < -0.3 is 10.2 Å².